The average Bonchev–Trinajstić information content (AvgIpc) is 3.14. The van der Waals surface area contributed by atoms with Gasteiger partial charge >= 0.3 is 0 Å². The van der Waals surface area contributed by atoms with Crippen molar-refractivity contribution in [2.75, 3.05) is 19.6 Å². The molecule has 0 radical (unpaired) electrons. The summed E-state index contributed by atoms with van der Waals surface area (Å²) in [6.45, 7) is 5.43. The van der Waals surface area contributed by atoms with E-state index in [4.69, 9.17) is 0 Å². The molecule has 16 heavy (non-hydrogen) atoms. The van der Waals surface area contributed by atoms with Gasteiger partial charge < -0.3 is 4.90 Å². The topological polar surface area (TPSA) is 20.3 Å². The van der Waals surface area contributed by atoms with E-state index < -0.39 is 0 Å². The Balaban J connectivity index is 1.54. The van der Waals surface area contributed by atoms with Gasteiger partial charge in [0, 0.05) is 32.0 Å². The van der Waals surface area contributed by atoms with Gasteiger partial charge in [-0.15, -0.1) is 0 Å². The third kappa shape index (κ3) is 2.32. The first-order chi connectivity index (χ1) is 7.74. The van der Waals surface area contributed by atoms with E-state index in [9.17, 15) is 4.79 Å². The van der Waals surface area contributed by atoms with Crippen LogP contribution in [-0.4, -0.2) is 30.3 Å². The quantitative estimate of drug-likeness (QED) is 0.726. The van der Waals surface area contributed by atoms with Crippen LogP contribution in [0.5, 0.6) is 0 Å². The zero-order chi connectivity index (χ0) is 11.1. The molecule has 0 aromatic heterocycles. The minimum atomic E-state index is 0.285. The highest BCUT2D eigenvalue weighted by atomic mass is 16.1. The summed E-state index contributed by atoms with van der Waals surface area (Å²) in [6, 6.07) is 0. The number of Topliss-reactive ketones (excluding diaryl/α,β-unsaturated/α-hetero) is 1. The van der Waals surface area contributed by atoms with E-state index in [0.717, 1.165) is 37.3 Å². The molecule has 0 bridgehead atoms. The summed E-state index contributed by atoms with van der Waals surface area (Å²) in [6.07, 6.45) is 6.70. The van der Waals surface area contributed by atoms with Crippen molar-refractivity contribution in [3.8, 4) is 0 Å². The second-order valence-corrected chi connectivity index (χ2v) is 6.22. The number of likely N-dealkylation sites (tertiary alicyclic amines) is 1. The van der Waals surface area contributed by atoms with Gasteiger partial charge in [-0.1, -0.05) is 6.92 Å². The predicted octanol–water partition coefficient (Wildman–Crippen LogP) is 2.33. The van der Waals surface area contributed by atoms with Crippen molar-refractivity contribution in [1.82, 2.24) is 4.90 Å². The zero-order valence-electron chi connectivity index (χ0n) is 10.3. The van der Waals surface area contributed by atoms with Crippen molar-refractivity contribution in [1.29, 1.82) is 0 Å². The highest BCUT2D eigenvalue weighted by Gasteiger charge is 2.42. The number of hydrogen-bond acceptors (Lipinski definition) is 2. The van der Waals surface area contributed by atoms with E-state index in [2.05, 4.69) is 11.8 Å². The standard InChI is InChI=1S/C14H23NO/c1-10-8-15(7-6-14(10)16)9-13(11-2-3-11)12-4-5-12/h10-13H,2-9H2,1H3. The maximum absolute atomic E-state index is 11.5. The van der Waals surface area contributed by atoms with Crippen molar-refractivity contribution >= 4 is 5.78 Å². The molecule has 0 N–H and O–H groups in total. The smallest absolute Gasteiger partial charge is 0.138 e. The molecule has 3 fully saturated rings. The fraction of sp³-hybridized carbons (Fsp3) is 0.929. The molecular formula is C14H23NO. The molecule has 0 aromatic rings. The van der Waals surface area contributed by atoms with Crippen molar-refractivity contribution < 1.29 is 4.79 Å². The SMILES string of the molecule is CC1CN(CC(C2CC2)C2CC2)CCC1=O. The second kappa shape index (κ2) is 4.14. The molecule has 2 aliphatic carbocycles. The molecule has 1 unspecified atom stereocenters. The van der Waals surface area contributed by atoms with Crippen LogP contribution in [0.15, 0.2) is 0 Å². The highest BCUT2D eigenvalue weighted by molar-refractivity contribution is 5.81. The second-order valence-electron chi connectivity index (χ2n) is 6.22. The van der Waals surface area contributed by atoms with Crippen LogP contribution in [0.4, 0.5) is 0 Å². The van der Waals surface area contributed by atoms with Crippen LogP contribution >= 0.6 is 0 Å². The number of carbonyl (C=O) groups is 1. The summed E-state index contributed by atoms with van der Waals surface area (Å²) >= 11 is 0. The van der Waals surface area contributed by atoms with Gasteiger partial charge in [0.2, 0.25) is 0 Å². The van der Waals surface area contributed by atoms with E-state index in [1.807, 2.05) is 0 Å². The Labute approximate surface area is 98.4 Å². The van der Waals surface area contributed by atoms with E-state index in [-0.39, 0.29) is 5.92 Å². The predicted molar refractivity (Wildman–Crippen MR) is 64.2 cm³/mol. The van der Waals surface area contributed by atoms with Gasteiger partial charge in [0.25, 0.3) is 0 Å². The summed E-state index contributed by atoms with van der Waals surface area (Å²) < 4.78 is 0. The largest absolute Gasteiger partial charge is 0.302 e. The van der Waals surface area contributed by atoms with E-state index in [0.29, 0.717) is 5.78 Å². The maximum Gasteiger partial charge on any atom is 0.138 e. The Bertz CT molecular complexity index is 268. The van der Waals surface area contributed by atoms with Gasteiger partial charge in [0.1, 0.15) is 5.78 Å². The van der Waals surface area contributed by atoms with Crippen molar-refractivity contribution in [2.45, 2.75) is 39.0 Å². The molecule has 1 saturated heterocycles. The van der Waals surface area contributed by atoms with Crippen LogP contribution in [-0.2, 0) is 4.79 Å². The number of nitrogens with zero attached hydrogens (tertiary/aromatic N) is 1. The van der Waals surface area contributed by atoms with Crippen LogP contribution in [0, 0.1) is 23.7 Å². The van der Waals surface area contributed by atoms with E-state index >= 15 is 0 Å². The highest BCUT2D eigenvalue weighted by Crippen LogP contribution is 2.49. The molecule has 2 nitrogen and oxygen atoms in total. The van der Waals surface area contributed by atoms with Gasteiger partial charge in [-0.2, -0.15) is 0 Å². The lowest BCUT2D eigenvalue weighted by atomic mass is 9.93. The molecule has 3 rings (SSSR count). The summed E-state index contributed by atoms with van der Waals surface area (Å²) in [5.74, 6) is 3.82. The molecular weight excluding hydrogens is 198 g/mol. The third-order valence-electron chi connectivity index (χ3n) is 4.68. The van der Waals surface area contributed by atoms with Gasteiger partial charge in [0.15, 0.2) is 0 Å². The Kier molecular flexibility index (Phi) is 2.78. The van der Waals surface area contributed by atoms with Crippen molar-refractivity contribution in [3.05, 3.63) is 0 Å². The van der Waals surface area contributed by atoms with Crippen LogP contribution in [0.1, 0.15) is 39.0 Å². The van der Waals surface area contributed by atoms with Crippen LogP contribution in [0.3, 0.4) is 0 Å². The van der Waals surface area contributed by atoms with Gasteiger partial charge in [-0.3, -0.25) is 4.79 Å². The van der Waals surface area contributed by atoms with E-state index in [1.54, 1.807) is 0 Å². The summed E-state index contributed by atoms with van der Waals surface area (Å²) in [4.78, 5) is 14.1. The summed E-state index contributed by atoms with van der Waals surface area (Å²) in [5.41, 5.74) is 0. The molecule has 2 saturated carbocycles. The summed E-state index contributed by atoms with van der Waals surface area (Å²) in [7, 11) is 0. The van der Waals surface area contributed by atoms with Gasteiger partial charge in [0.05, 0.1) is 0 Å². The van der Waals surface area contributed by atoms with Crippen molar-refractivity contribution in [2.24, 2.45) is 23.7 Å². The Morgan fingerprint density at radius 1 is 1.25 bits per heavy atom. The molecule has 1 aliphatic heterocycles. The number of rotatable bonds is 4. The molecule has 0 aromatic carbocycles. The average molecular weight is 221 g/mol. The van der Waals surface area contributed by atoms with E-state index in [1.165, 1.54) is 32.2 Å². The number of carbonyl (C=O) groups excluding carboxylic acids is 1. The number of ketones is 1. The molecule has 3 aliphatic rings. The summed E-state index contributed by atoms with van der Waals surface area (Å²) in [5, 5.41) is 0. The third-order valence-corrected chi connectivity index (χ3v) is 4.68. The van der Waals surface area contributed by atoms with Crippen molar-refractivity contribution in [3.63, 3.8) is 0 Å². The minimum Gasteiger partial charge on any atom is -0.302 e. The lowest BCUT2D eigenvalue weighted by Gasteiger charge is -2.33. The number of piperidine rings is 1. The zero-order valence-corrected chi connectivity index (χ0v) is 10.3. The first-order valence-corrected chi connectivity index (χ1v) is 6.99. The molecule has 2 heteroatoms. The monoisotopic (exact) mass is 221 g/mol. The molecule has 1 atom stereocenters. The maximum atomic E-state index is 11.5. The normalized spacial score (nSPS) is 32.4. The van der Waals surface area contributed by atoms with Crippen LogP contribution in [0.2, 0.25) is 0 Å². The Hall–Kier alpha value is -0.370. The first kappa shape index (κ1) is 10.8. The minimum absolute atomic E-state index is 0.285. The first-order valence-electron chi connectivity index (χ1n) is 6.99. The lowest BCUT2D eigenvalue weighted by molar-refractivity contribution is -0.125. The van der Waals surface area contributed by atoms with Crippen LogP contribution < -0.4 is 0 Å². The number of hydrogen-bond donors (Lipinski definition) is 0. The fourth-order valence-electron chi connectivity index (χ4n) is 3.29. The van der Waals surface area contributed by atoms with Gasteiger partial charge in [-0.05, 0) is 43.4 Å². The molecule has 0 spiro atoms. The fourth-order valence-corrected chi connectivity index (χ4v) is 3.29. The Morgan fingerprint density at radius 3 is 2.38 bits per heavy atom. The molecule has 90 valence electrons. The van der Waals surface area contributed by atoms with Crippen LogP contribution in [0.25, 0.3) is 0 Å². The molecule has 1 heterocycles. The van der Waals surface area contributed by atoms with Gasteiger partial charge in [-0.25, -0.2) is 0 Å². The lowest BCUT2D eigenvalue weighted by Crippen LogP contribution is -2.42. The molecule has 0 amide bonds. The Morgan fingerprint density at radius 2 is 1.88 bits per heavy atom.